The van der Waals surface area contributed by atoms with E-state index >= 15 is 0 Å². The minimum absolute atomic E-state index is 0.160. The molecular weight excluding hydrogens is 386 g/mol. The molecule has 0 atom stereocenters. The Morgan fingerprint density at radius 2 is 2.04 bits per heavy atom. The number of nitrogens with one attached hydrogen (secondary N) is 1. The Morgan fingerprint density at radius 3 is 2.75 bits per heavy atom. The van der Waals surface area contributed by atoms with E-state index in [2.05, 4.69) is 19.7 Å². The van der Waals surface area contributed by atoms with Crippen LogP contribution >= 0.6 is 0 Å². The first-order valence-corrected chi connectivity index (χ1v) is 10.4. The van der Waals surface area contributed by atoms with Crippen LogP contribution in [0.2, 0.25) is 0 Å². The van der Waals surface area contributed by atoms with Crippen LogP contribution in [0.3, 0.4) is 0 Å². The van der Waals surface area contributed by atoms with Crippen molar-refractivity contribution >= 4 is 32.8 Å². The molecular formula is C17H19N5O5S. The van der Waals surface area contributed by atoms with Crippen LogP contribution in [0.1, 0.15) is 0 Å². The predicted octanol–water partition coefficient (Wildman–Crippen LogP) is 1.50. The Balaban J connectivity index is 1.83. The Kier molecular flexibility index (Phi) is 4.77. The summed E-state index contributed by atoms with van der Waals surface area (Å²) in [6.45, 7) is 2.58. The molecule has 148 valence electrons. The van der Waals surface area contributed by atoms with Gasteiger partial charge >= 0.3 is 0 Å². The predicted molar refractivity (Wildman–Crippen MR) is 103 cm³/mol. The molecule has 0 unspecified atom stereocenters. The van der Waals surface area contributed by atoms with Crippen molar-refractivity contribution in [1.82, 2.24) is 15.0 Å². The zero-order valence-corrected chi connectivity index (χ0v) is 16.2. The summed E-state index contributed by atoms with van der Waals surface area (Å²) in [5.74, 6) is 0.716. The maximum Gasteiger partial charge on any atom is 0.238 e. The zero-order valence-electron chi connectivity index (χ0n) is 15.4. The van der Waals surface area contributed by atoms with Crippen LogP contribution in [-0.2, 0) is 14.8 Å². The van der Waals surface area contributed by atoms with Crippen molar-refractivity contribution in [3.63, 3.8) is 0 Å². The number of fused-ring (bicyclic) bond motifs is 1. The number of ether oxygens (including phenoxy) is 2. The van der Waals surface area contributed by atoms with Crippen molar-refractivity contribution in [3.05, 3.63) is 24.6 Å². The normalized spacial score (nSPS) is 15.0. The Labute approximate surface area is 161 Å². The van der Waals surface area contributed by atoms with Gasteiger partial charge in [-0.2, -0.15) is 0 Å². The highest BCUT2D eigenvalue weighted by molar-refractivity contribution is 7.92. The quantitative estimate of drug-likeness (QED) is 0.673. The molecule has 3 aromatic rings. The lowest BCUT2D eigenvalue weighted by atomic mass is 10.1. The molecule has 1 N–H and O–H groups in total. The maximum absolute atomic E-state index is 11.7. The van der Waals surface area contributed by atoms with Gasteiger partial charge < -0.3 is 18.8 Å². The molecule has 0 aromatic carbocycles. The van der Waals surface area contributed by atoms with Crippen LogP contribution < -0.4 is 14.4 Å². The van der Waals surface area contributed by atoms with Crippen molar-refractivity contribution in [2.24, 2.45) is 0 Å². The van der Waals surface area contributed by atoms with E-state index in [0.29, 0.717) is 54.6 Å². The number of sulfonamides is 1. The molecule has 4 rings (SSSR count). The summed E-state index contributed by atoms with van der Waals surface area (Å²) >= 11 is 0. The Hall–Kier alpha value is -2.92. The molecule has 3 aromatic heterocycles. The van der Waals surface area contributed by atoms with Crippen LogP contribution in [0.15, 0.2) is 29.0 Å². The fourth-order valence-corrected chi connectivity index (χ4v) is 3.51. The fourth-order valence-electron chi connectivity index (χ4n) is 2.97. The number of rotatable bonds is 5. The van der Waals surface area contributed by atoms with Gasteiger partial charge in [-0.25, -0.2) is 23.4 Å². The molecule has 1 saturated heterocycles. The molecule has 4 heterocycles. The lowest BCUT2D eigenvalue weighted by molar-refractivity contribution is 0.122. The highest BCUT2D eigenvalue weighted by Crippen LogP contribution is 2.33. The van der Waals surface area contributed by atoms with E-state index in [9.17, 15) is 8.42 Å². The third kappa shape index (κ3) is 3.71. The first kappa shape index (κ1) is 18.4. The molecule has 28 heavy (non-hydrogen) atoms. The van der Waals surface area contributed by atoms with Crippen molar-refractivity contribution in [2.45, 2.75) is 0 Å². The van der Waals surface area contributed by atoms with Gasteiger partial charge in [0.1, 0.15) is 16.9 Å². The van der Waals surface area contributed by atoms with Crippen LogP contribution in [-0.4, -0.2) is 63.0 Å². The van der Waals surface area contributed by atoms with Crippen LogP contribution in [0.25, 0.3) is 22.4 Å². The number of hydrogen-bond acceptors (Lipinski definition) is 9. The summed E-state index contributed by atoms with van der Waals surface area (Å²) in [6, 6.07) is 3.37. The molecule has 10 nitrogen and oxygen atoms in total. The molecule has 0 aliphatic carbocycles. The summed E-state index contributed by atoms with van der Waals surface area (Å²) in [5.41, 5.74) is 2.45. The first-order valence-electron chi connectivity index (χ1n) is 8.55. The summed E-state index contributed by atoms with van der Waals surface area (Å²) in [6.07, 6.45) is 4.16. The number of pyridine rings is 1. The van der Waals surface area contributed by atoms with Gasteiger partial charge in [0.15, 0.2) is 5.58 Å². The second-order valence-corrected chi connectivity index (χ2v) is 8.01. The summed E-state index contributed by atoms with van der Waals surface area (Å²) in [4.78, 5) is 15.5. The second-order valence-electron chi connectivity index (χ2n) is 6.26. The zero-order chi connectivity index (χ0) is 19.7. The van der Waals surface area contributed by atoms with E-state index in [0.717, 1.165) is 6.26 Å². The summed E-state index contributed by atoms with van der Waals surface area (Å²) < 4.78 is 41.9. The van der Waals surface area contributed by atoms with Crippen LogP contribution in [0.5, 0.6) is 5.88 Å². The van der Waals surface area contributed by atoms with Gasteiger partial charge in [-0.05, 0) is 6.07 Å². The lowest BCUT2D eigenvalue weighted by Crippen LogP contribution is -2.37. The van der Waals surface area contributed by atoms with Gasteiger partial charge in [0.2, 0.25) is 21.9 Å². The second kappa shape index (κ2) is 7.24. The van der Waals surface area contributed by atoms with E-state index in [1.165, 1.54) is 7.11 Å². The van der Waals surface area contributed by atoms with Gasteiger partial charge in [-0.3, -0.25) is 4.72 Å². The van der Waals surface area contributed by atoms with E-state index in [-0.39, 0.29) is 11.6 Å². The first-order chi connectivity index (χ1) is 13.4. The number of morpholine rings is 1. The van der Waals surface area contributed by atoms with Crippen LogP contribution in [0, 0.1) is 0 Å². The average molecular weight is 405 g/mol. The third-order valence-electron chi connectivity index (χ3n) is 4.20. The van der Waals surface area contributed by atoms with Gasteiger partial charge in [-0.15, -0.1) is 0 Å². The molecule has 1 fully saturated rings. The number of anilines is 2. The lowest BCUT2D eigenvalue weighted by Gasteiger charge is -2.27. The topological polar surface area (TPSA) is 120 Å². The summed E-state index contributed by atoms with van der Waals surface area (Å²) in [5, 5.41) is 0. The highest BCUT2D eigenvalue weighted by Gasteiger charge is 2.20. The van der Waals surface area contributed by atoms with Gasteiger partial charge in [0, 0.05) is 30.9 Å². The molecule has 1 aliphatic heterocycles. The van der Waals surface area contributed by atoms with Crippen molar-refractivity contribution in [3.8, 4) is 17.1 Å². The number of nitrogens with zero attached hydrogens (tertiary/aromatic N) is 4. The summed E-state index contributed by atoms with van der Waals surface area (Å²) in [7, 11) is -2.10. The maximum atomic E-state index is 11.7. The molecule has 0 saturated carbocycles. The fraction of sp³-hybridized carbons (Fsp3) is 0.353. The average Bonchev–Trinajstić information content (AvgIpc) is 3.15. The van der Waals surface area contributed by atoms with Crippen molar-refractivity contribution in [2.75, 3.05) is 49.3 Å². The minimum atomic E-state index is -3.51. The number of furan rings is 1. The van der Waals surface area contributed by atoms with Crippen molar-refractivity contribution in [1.29, 1.82) is 0 Å². The molecule has 0 bridgehead atoms. The molecule has 0 amide bonds. The van der Waals surface area contributed by atoms with Gasteiger partial charge in [0.05, 0.1) is 32.8 Å². The van der Waals surface area contributed by atoms with E-state index < -0.39 is 10.0 Å². The van der Waals surface area contributed by atoms with Crippen LogP contribution in [0.4, 0.5) is 11.6 Å². The van der Waals surface area contributed by atoms with E-state index in [1.54, 1.807) is 24.6 Å². The smallest absolute Gasteiger partial charge is 0.238 e. The largest absolute Gasteiger partial charge is 0.480 e. The van der Waals surface area contributed by atoms with E-state index in [1.807, 2.05) is 4.90 Å². The van der Waals surface area contributed by atoms with E-state index in [4.69, 9.17) is 13.9 Å². The minimum Gasteiger partial charge on any atom is -0.480 e. The van der Waals surface area contributed by atoms with Crippen molar-refractivity contribution < 1.29 is 22.3 Å². The number of hydrogen-bond donors (Lipinski definition) is 1. The van der Waals surface area contributed by atoms with Gasteiger partial charge in [-0.1, -0.05) is 0 Å². The number of methoxy groups -OCH3 is 1. The number of aromatic nitrogens is 3. The Bertz CT molecular complexity index is 1110. The standard InChI is InChI=1S/C17H19N5O5S/c1-25-16-13(21-28(2,23)24)9-11(10-18-16)14-15-12(3-6-27-15)19-17(20-14)22-4-7-26-8-5-22/h3,6,9-10,21H,4-5,7-8H2,1-2H3. The molecule has 0 radical (unpaired) electrons. The highest BCUT2D eigenvalue weighted by atomic mass is 32.2. The van der Waals surface area contributed by atoms with Gasteiger partial charge in [0.25, 0.3) is 0 Å². The molecule has 11 heteroatoms. The monoisotopic (exact) mass is 405 g/mol. The third-order valence-corrected chi connectivity index (χ3v) is 4.79. The SMILES string of the molecule is COc1ncc(-c2nc(N3CCOCC3)nc3ccoc23)cc1NS(C)(=O)=O. The molecule has 0 spiro atoms. The molecule has 1 aliphatic rings. The Morgan fingerprint density at radius 1 is 1.25 bits per heavy atom.